The van der Waals surface area contributed by atoms with E-state index >= 15 is 0 Å². The maximum atomic E-state index is 5.99. The lowest BCUT2D eigenvalue weighted by Crippen LogP contribution is -2.02. The summed E-state index contributed by atoms with van der Waals surface area (Å²) >= 11 is 5.99. The highest BCUT2D eigenvalue weighted by Gasteiger charge is 2.07. The topological polar surface area (TPSA) is 82.8 Å². The number of hydrogen-bond donors (Lipinski definition) is 2. The molecular weight excluding hydrogens is 214 g/mol. The van der Waals surface area contributed by atoms with E-state index < -0.39 is 0 Å². The number of nitrogens with two attached hydrogens (primary N) is 2. The lowest BCUT2D eigenvalue weighted by molar-refractivity contribution is 0.895. The highest BCUT2D eigenvalue weighted by atomic mass is 35.5. The van der Waals surface area contributed by atoms with Crippen LogP contribution in [-0.2, 0) is 0 Å². The smallest absolute Gasteiger partial charge is 0.241 e. The van der Waals surface area contributed by atoms with Gasteiger partial charge in [0.1, 0.15) is 0 Å². The lowest BCUT2D eigenvalue weighted by Gasteiger charge is -2.04. The second-order valence-corrected chi connectivity index (χ2v) is 3.58. The van der Waals surface area contributed by atoms with E-state index in [4.69, 9.17) is 23.1 Å². The molecule has 0 unspecified atom stereocenters. The molecule has 0 amide bonds. The largest absolute Gasteiger partial charge is 0.368 e. The van der Waals surface area contributed by atoms with Crippen LogP contribution in [0.1, 0.15) is 5.56 Å². The third-order valence-corrected chi connectivity index (χ3v) is 2.46. The van der Waals surface area contributed by atoms with Crippen molar-refractivity contribution in [3.05, 3.63) is 28.8 Å². The van der Waals surface area contributed by atoms with Crippen LogP contribution in [0.4, 0.5) is 11.9 Å². The maximum absolute atomic E-state index is 5.99. The number of benzene rings is 1. The molecule has 78 valence electrons. The monoisotopic (exact) mass is 223 g/mol. The fourth-order valence-electron chi connectivity index (χ4n) is 1.24. The number of aromatic nitrogens is 3. The zero-order valence-corrected chi connectivity index (χ0v) is 8.86. The molecule has 0 saturated heterocycles. The average Bonchev–Trinajstić information content (AvgIpc) is 2.50. The molecule has 4 N–H and O–H groups in total. The molecule has 0 aliphatic carbocycles. The first kappa shape index (κ1) is 9.79. The highest BCUT2D eigenvalue weighted by Crippen LogP contribution is 2.20. The van der Waals surface area contributed by atoms with E-state index in [1.54, 1.807) is 6.07 Å². The molecule has 0 radical (unpaired) electrons. The standard InChI is InChI=1S/C9H10ClN5/c1-5-2-3-6(4-7(5)10)15-9(12)13-8(11)14-15/h2-4H,1H3,(H4,11,12,13,14). The third kappa shape index (κ3) is 1.73. The number of aryl methyl sites for hydroxylation is 1. The Kier molecular flexibility index (Phi) is 2.24. The molecule has 0 spiro atoms. The van der Waals surface area contributed by atoms with Crippen LogP contribution in [0.2, 0.25) is 5.02 Å². The fourth-order valence-corrected chi connectivity index (χ4v) is 1.42. The number of anilines is 2. The number of hydrogen-bond acceptors (Lipinski definition) is 4. The molecule has 0 atom stereocenters. The molecule has 0 bridgehead atoms. The summed E-state index contributed by atoms with van der Waals surface area (Å²) in [6, 6.07) is 5.50. The van der Waals surface area contributed by atoms with Gasteiger partial charge in [0.05, 0.1) is 5.69 Å². The van der Waals surface area contributed by atoms with Gasteiger partial charge in [-0.15, -0.1) is 5.10 Å². The highest BCUT2D eigenvalue weighted by molar-refractivity contribution is 6.31. The van der Waals surface area contributed by atoms with Crippen LogP contribution in [0.25, 0.3) is 5.69 Å². The Morgan fingerprint density at radius 3 is 2.60 bits per heavy atom. The van der Waals surface area contributed by atoms with Gasteiger partial charge in [0.15, 0.2) is 0 Å². The van der Waals surface area contributed by atoms with Gasteiger partial charge in [0, 0.05) is 5.02 Å². The fraction of sp³-hybridized carbons (Fsp3) is 0.111. The van der Waals surface area contributed by atoms with Crippen molar-refractivity contribution in [3.8, 4) is 5.69 Å². The summed E-state index contributed by atoms with van der Waals surface area (Å²) in [6.45, 7) is 1.92. The van der Waals surface area contributed by atoms with Gasteiger partial charge in [0.25, 0.3) is 0 Å². The summed E-state index contributed by atoms with van der Waals surface area (Å²) in [5, 5.41) is 4.60. The summed E-state index contributed by atoms with van der Waals surface area (Å²) in [4.78, 5) is 3.80. The minimum absolute atomic E-state index is 0.143. The van der Waals surface area contributed by atoms with Gasteiger partial charge in [-0.1, -0.05) is 17.7 Å². The maximum Gasteiger partial charge on any atom is 0.241 e. The Morgan fingerprint density at radius 1 is 1.33 bits per heavy atom. The molecule has 1 heterocycles. The Morgan fingerprint density at radius 2 is 2.07 bits per heavy atom. The quantitative estimate of drug-likeness (QED) is 0.766. The normalized spacial score (nSPS) is 10.5. The first-order valence-electron chi connectivity index (χ1n) is 4.32. The molecule has 0 aliphatic heterocycles. The molecule has 1 aromatic carbocycles. The predicted molar refractivity (Wildman–Crippen MR) is 59.9 cm³/mol. The first-order valence-corrected chi connectivity index (χ1v) is 4.70. The average molecular weight is 224 g/mol. The minimum Gasteiger partial charge on any atom is -0.368 e. The van der Waals surface area contributed by atoms with Crippen LogP contribution in [-0.4, -0.2) is 14.8 Å². The Bertz CT molecular complexity index is 505. The van der Waals surface area contributed by atoms with Gasteiger partial charge in [-0.25, -0.2) is 0 Å². The van der Waals surface area contributed by atoms with Crippen LogP contribution >= 0.6 is 11.6 Å². The number of nitrogen functional groups attached to an aromatic ring is 2. The Balaban J connectivity index is 2.54. The zero-order valence-electron chi connectivity index (χ0n) is 8.11. The third-order valence-electron chi connectivity index (χ3n) is 2.05. The van der Waals surface area contributed by atoms with E-state index in [1.807, 2.05) is 19.1 Å². The van der Waals surface area contributed by atoms with Crippen molar-refractivity contribution in [1.82, 2.24) is 14.8 Å². The summed E-state index contributed by atoms with van der Waals surface area (Å²) < 4.78 is 1.45. The van der Waals surface area contributed by atoms with Crippen LogP contribution in [0.15, 0.2) is 18.2 Å². The van der Waals surface area contributed by atoms with E-state index in [-0.39, 0.29) is 11.9 Å². The molecule has 2 rings (SSSR count). The van der Waals surface area contributed by atoms with Crippen LogP contribution in [0.5, 0.6) is 0 Å². The van der Waals surface area contributed by atoms with Crippen LogP contribution in [0, 0.1) is 6.92 Å². The van der Waals surface area contributed by atoms with Crippen LogP contribution < -0.4 is 11.5 Å². The van der Waals surface area contributed by atoms with Gasteiger partial charge >= 0.3 is 0 Å². The minimum atomic E-state index is 0.143. The van der Waals surface area contributed by atoms with E-state index in [0.29, 0.717) is 5.02 Å². The SMILES string of the molecule is Cc1ccc(-n2nc(N)nc2N)cc1Cl. The number of halogens is 1. The molecule has 2 aromatic rings. The van der Waals surface area contributed by atoms with Gasteiger partial charge < -0.3 is 11.5 Å². The Hall–Kier alpha value is -1.75. The summed E-state index contributed by atoms with van der Waals surface area (Å²) in [5.74, 6) is 0.386. The van der Waals surface area contributed by atoms with Gasteiger partial charge in [-0.05, 0) is 24.6 Å². The zero-order chi connectivity index (χ0) is 11.0. The van der Waals surface area contributed by atoms with Gasteiger partial charge in [-0.2, -0.15) is 9.67 Å². The molecule has 15 heavy (non-hydrogen) atoms. The lowest BCUT2D eigenvalue weighted by atomic mass is 10.2. The van der Waals surface area contributed by atoms with Crippen molar-refractivity contribution in [2.24, 2.45) is 0 Å². The molecule has 0 saturated carbocycles. The van der Waals surface area contributed by atoms with Crippen molar-refractivity contribution >= 4 is 23.5 Å². The predicted octanol–water partition coefficient (Wildman–Crippen LogP) is 1.39. The summed E-state index contributed by atoms with van der Waals surface area (Å²) in [7, 11) is 0. The first-order chi connectivity index (χ1) is 7.08. The van der Waals surface area contributed by atoms with Gasteiger partial charge in [0.2, 0.25) is 11.9 Å². The molecule has 1 aromatic heterocycles. The number of rotatable bonds is 1. The molecule has 5 nitrogen and oxygen atoms in total. The second kappa shape index (κ2) is 3.43. The van der Waals surface area contributed by atoms with Crippen molar-refractivity contribution in [2.45, 2.75) is 6.92 Å². The van der Waals surface area contributed by atoms with Crippen molar-refractivity contribution in [1.29, 1.82) is 0 Å². The second-order valence-electron chi connectivity index (χ2n) is 3.17. The molecule has 0 aliphatic rings. The van der Waals surface area contributed by atoms with E-state index in [2.05, 4.69) is 10.1 Å². The molecule has 0 fully saturated rings. The van der Waals surface area contributed by atoms with E-state index in [1.165, 1.54) is 4.68 Å². The molecular formula is C9H10ClN5. The molecule has 6 heteroatoms. The van der Waals surface area contributed by atoms with Crippen molar-refractivity contribution < 1.29 is 0 Å². The number of nitrogens with zero attached hydrogens (tertiary/aromatic N) is 3. The van der Waals surface area contributed by atoms with Crippen molar-refractivity contribution in [3.63, 3.8) is 0 Å². The summed E-state index contributed by atoms with van der Waals surface area (Å²) in [5.41, 5.74) is 12.8. The Labute approximate surface area is 91.7 Å². The summed E-state index contributed by atoms with van der Waals surface area (Å²) in [6.07, 6.45) is 0. The van der Waals surface area contributed by atoms with Crippen molar-refractivity contribution in [2.75, 3.05) is 11.5 Å². The van der Waals surface area contributed by atoms with Gasteiger partial charge in [-0.3, -0.25) is 0 Å². The van der Waals surface area contributed by atoms with Crippen LogP contribution in [0.3, 0.4) is 0 Å². The van der Waals surface area contributed by atoms with E-state index in [0.717, 1.165) is 11.3 Å². The van der Waals surface area contributed by atoms with E-state index in [9.17, 15) is 0 Å².